The van der Waals surface area contributed by atoms with E-state index in [1.54, 1.807) is 0 Å². The zero-order valence-electron chi connectivity index (χ0n) is 11.7. The lowest BCUT2D eigenvalue weighted by molar-refractivity contribution is -0.182. The summed E-state index contributed by atoms with van der Waals surface area (Å²) in [6.45, 7) is 4.96. The van der Waals surface area contributed by atoms with Crippen LogP contribution in [0.25, 0.3) is 0 Å². The maximum Gasteiger partial charge on any atom is 0.303 e. The Labute approximate surface area is 115 Å². The molecule has 1 rings (SSSR count). The molecule has 3 atom stereocenters. The van der Waals surface area contributed by atoms with E-state index in [0.717, 1.165) is 13.8 Å². The van der Waals surface area contributed by atoms with Crippen molar-refractivity contribution in [2.75, 3.05) is 0 Å². The fraction of sp³-hybridized carbons (Fsp3) is 0.538. The molecule has 0 fully saturated rings. The van der Waals surface area contributed by atoms with E-state index in [9.17, 15) is 19.2 Å². The van der Waals surface area contributed by atoms with Crippen molar-refractivity contribution in [2.24, 2.45) is 0 Å². The number of ketones is 1. The second-order valence-electron chi connectivity index (χ2n) is 4.39. The van der Waals surface area contributed by atoms with Crippen LogP contribution in [0.5, 0.6) is 0 Å². The van der Waals surface area contributed by atoms with E-state index in [-0.39, 0.29) is 5.57 Å². The minimum Gasteiger partial charge on any atom is -0.454 e. The molecule has 0 heterocycles. The fourth-order valence-corrected chi connectivity index (χ4v) is 1.88. The molecule has 7 nitrogen and oxygen atoms in total. The Hall–Kier alpha value is -2.18. The third-order valence-electron chi connectivity index (χ3n) is 2.58. The summed E-state index contributed by atoms with van der Waals surface area (Å²) in [5.74, 6) is -2.47. The predicted molar refractivity (Wildman–Crippen MR) is 65.4 cm³/mol. The molecular formula is C13H16O7. The summed E-state index contributed by atoms with van der Waals surface area (Å²) in [4.78, 5) is 45.3. The van der Waals surface area contributed by atoms with Crippen LogP contribution in [-0.2, 0) is 33.4 Å². The van der Waals surface area contributed by atoms with Gasteiger partial charge in [-0.05, 0) is 18.6 Å². The van der Waals surface area contributed by atoms with Crippen molar-refractivity contribution in [1.82, 2.24) is 0 Å². The zero-order chi connectivity index (χ0) is 15.4. The largest absolute Gasteiger partial charge is 0.454 e. The highest BCUT2D eigenvalue weighted by Crippen LogP contribution is 2.24. The normalized spacial score (nSPS) is 25.5. The lowest BCUT2D eigenvalue weighted by Crippen LogP contribution is -2.51. The molecule has 0 aromatic heterocycles. The maximum absolute atomic E-state index is 12.0. The van der Waals surface area contributed by atoms with Crippen molar-refractivity contribution in [2.45, 2.75) is 46.0 Å². The highest BCUT2D eigenvalue weighted by atomic mass is 16.6. The molecule has 0 bridgehead atoms. The van der Waals surface area contributed by atoms with Crippen molar-refractivity contribution in [3.05, 3.63) is 11.6 Å². The van der Waals surface area contributed by atoms with Gasteiger partial charge in [-0.1, -0.05) is 0 Å². The second kappa shape index (κ2) is 6.31. The highest BCUT2D eigenvalue weighted by molar-refractivity contribution is 6.01. The Kier molecular flexibility index (Phi) is 5.01. The lowest BCUT2D eigenvalue weighted by atomic mass is 9.91. The Morgan fingerprint density at radius 2 is 1.45 bits per heavy atom. The van der Waals surface area contributed by atoms with Gasteiger partial charge in [-0.2, -0.15) is 0 Å². The molecular weight excluding hydrogens is 268 g/mol. The van der Waals surface area contributed by atoms with Gasteiger partial charge in [0.05, 0.1) is 0 Å². The van der Waals surface area contributed by atoms with Gasteiger partial charge in [-0.25, -0.2) is 0 Å². The van der Waals surface area contributed by atoms with Crippen LogP contribution in [0.2, 0.25) is 0 Å². The number of carbonyl (C=O) groups excluding carboxylic acids is 4. The summed E-state index contributed by atoms with van der Waals surface area (Å²) >= 11 is 0. The van der Waals surface area contributed by atoms with E-state index in [1.807, 2.05) is 0 Å². The fourth-order valence-electron chi connectivity index (χ4n) is 1.88. The summed E-state index contributed by atoms with van der Waals surface area (Å²) in [6, 6.07) is 0. The number of ether oxygens (including phenoxy) is 3. The van der Waals surface area contributed by atoms with Gasteiger partial charge in [0.1, 0.15) is 0 Å². The molecule has 0 radical (unpaired) electrons. The van der Waals surface area contributed by atoms with Gasteiger partial charge in [-0.3, -0.25) is 19.2 Å². The van der Waals surface area contributed by atoms with Crippen LogP contribution in [0.4, 0.5) is 0 Å². The van der Waals surface area contributed by atoms with E-state index in [0.29, 0.717) is 0 Å². The first-order valence-electron chi connectivity index (χ1n) is 5.96. The van der Waals surface area contributed by atoms with Crippen LogP contribution in [-0.4, -0.2) is 42.0 Å². The Balaban J connectivity index is 3.13. The van der Waals surface area contributed by atoms with Crippen molar-refractivity contribution in [1.29, 1.82) is 0 Å². The Bertz CT molecular complexity index is 477. The molecule has 0 aromatic rings. The van der Waals surface area contributed by atoms with Gasteiger partial charge < -0.3 is 14.2 Å². The van der Waals surface area contributed by atoms with E-state index >= 15 is 0 Å². The highest BCUT2D eigenvalue weighted by Gasteiger charge is 2.44. The van der Waals surface area contributed by atoms with Gasteiger partial charge in [-0.15, -0.1) is 0 Å². The SMILES string of the molecule is CC(=O)O[C@@H]1[C@@H](OC(C)=O)C=C(C)C(=O)[C@H]1OC(C)=O. The van der Waals surface area contributed by atoms with E-state index in [1.165, 1.54) is 19.9 Å². The summed E-state index contributed by atoms with van der Waals surface area (Å²) in [5, 5.41) is 0. The van der Waals surface area contributed by atoms with Crippen LogP contribution in [0.1, 0.15) is 27.7 Å². The standard InChI is InChI=1S/C13H16O7/c1-6-5-10(18-7(2)14)12(19-8(3)15)13(11(6)17)20-9(4)16/h5,10,12-13H,1-4H3/t10-,12+,13+/m0/s1. The van der Waals surface area contributed by atoms with Crippen molar-refractivity contribution in [3.8, 4) is 0 Å². The lowest BCUT2D eigenvalue weighted by Gasteiger charge is -2.33. The molecule has 0 spiro atoms. The third-order valence-corrected chi connectivity index (χ3v) is 2.58. The minimum absolute atomic E-state index is 0.269. The molecule has 0 unspecified atom stereocenters. The molecule has 0 amide bonds. The first-order chi connectivity index (χ1) is 9.22. The quantitative estimate of drug-likeness (QED) is 0.543. The molecule has 110 valence electrons. The van der Waals surface area contributed by atoms with Crippen molar-refractivity contribution >= 4 is 23.7 Å². The average Bonchev–Trinajstić information content (AvgIpc) is 2.28. The molecule has 0 saturated heterocycles. The van der Waals surface area contributed by atoms with Crippen LogP contribution < -0.4 is 0 Å². The van der Waals surface area contributed by atoms with Gasteiger partial charge >= 0.3 is 17.9 Å². The van der Waals surface area contributed by atoms with Crippen LogP contribution >= 0.6 is 0 Å². The van der Waals surface area contributed by atoms with Gasteiger partial charge in [0, 0.05) is 20.8 Å². The molecule has 7 heteroatoms. The summed E-state index contributed by atoms with van der Waals surface area (Å²) in [6.07, 6.45) is -2.10. The average molecular weight is 284 g/mol. The molecule has 0 saturated carbocycles. The second-order valence-corrected chi connectivity index (χ2v) is 4.39. The van der Waals surface area contributed by atoms with Gasteiger partial charge in [0.25, 0.3) is 0 Å². The molecule has 1 aliphatic rings. The number of hydrogen-bond acceptors (Lipinski definition) is 7. The predicted octanol–water partition coefficient (Wildman–Crippen LogP) is 0.310. The molecule has 0 aromatic carbocycles. The van der Waals surface area contributed by atoms with Crippen LogP contribution in [0, 0.1) is 0 Å². The van der Waals surface area contributed by atoms with Gasteiger partial charge in [0.2, 0.25) is 11.9 Å². The van der Waals surface area contributed by atoms with E-state index in [4.69, 9.17) is 14.2 Å². The molecule has 0 aliphatic heterocycles. The van der Waals surface area contributed by atoms with Crippen LogP contribution in [0.3, 0.4) is 0 Å². The molecule has 0 N–H and O–H groups in total. The van der Waals surface area contributed by atoms with Crippen molar-refractivity contribution < 1.29 is 33.4 Å². The molecule has 1 aliphatic carbocycles. The number of rotatable bonds is 3. The first-order valence-corrected chi connectivity index (χ1v) is 5.96. The Morgan fingerprint density at radius 3 is 1.90 bits per heavy atom. The Morgan fingerprint density at radius 1 is 0.950 bits per heavy atom. The topological polar surface area (TPSA) is 96.0 Å². The summed E-state index contributed by atoms with van der Waals surface area (Å²) in [7, 11) is 0. The smallest absolute Gasteiger partial charge is 0.303 e. The monoisotopic (exact) mass is 284 g/mol. The number of hydrogen-bond donors (Lipinski definition) is 0. The summed E-state index contributed by atoms with van der Waals surface area (Å²) < 4.78 is 14.9. The van der Waals surface area contributed by atoms with Crippen LogP contribution in [0.15, 0.2) is 11.6 Å². The summed E-state index contributed by atoms with van der Waals surface area (Å²) in [5.41, 5.74) is 0.269. The van der Waals surface area contributed by atoms with Crippen molar-refractivity contribution in [3.63, 3.8) is 0 Å². The van der Waals surface area contributed by atoms with E-state index in [2.05, 4.69) is 0 Å². The first kappa shape index (κ1) is 15.9. The number of Topliss-reactive ketones (excluding diaryl/α,β-unsaturated/α-hetero) is 1. The third kappa shape index (κ3) is 3.91. The van der Waals surface area contributed by atoms with E-state index < -0.39 is 42.0 Å². The zero-order valence-corrected chi connectivity index (χ0v) is 11.7. The number of carbonyl (C=O) groups is 4. The molecule has 20 heavy (non-hydrogen) atoms. The number of esters is 3. The maximum atomic E-state index is 12.0. The van der Waals surface area contributed by atoms with Gasteiger partial charge in [0.15, 0.2) is 12.2 Å². The minimum atomic E-state index is -1.31.